The maximum atomic E-state index is 12.7. The quantitative estimate of drug-likeness (QED) is 0.725. The Bertz CT molecular complexity index is 724. The van der Waals surface area contributed by atoms with E-state index in [0.717, 1.165) is 39.0 Å². The average Bonchev–Trinajstić information content (AvgIpc) is 3.35. The van der Waals surface area contributed by atoms with Crippen molar-refractivity contribution in [3.63, 3.8) is 0 Å². The van der Waals surface area contributed by atoms with E-state index in [4.69, 9.17) is 0 Å². The number of rotatable bonds is 6. The highest BCUT2D eigenvalue weighted by atomic mass is 32.1. The number of thiophene rings is 1. The highest BCUT2D eigenvalue weighted by Crippen LogP contribution is 2.25. The first kappa shape index (κ1) is 17.8. The van der Waals surface area contributed by atoms with Crippen LogP contribution in [0, 0.1) is 5.92 Å². The molecular weight excluding hydrogens is 342 g/mol. The second-order valence-electron chi connectivity index (χ2n) is 7.50. The fourth-order valence-corrected chi connectivity index (χ4v) is 5.21. The molecular formula is C21H27N3OS. The molecule has 0 aromatic carbocycles. The van der Waals surface area contributed by atoms with Crippen molar-refractivity contribution in [2.75, 3.05) is 26.2 Å². The summed E-state index contributed by atoms with van der Waals surface area (Å²) in [6, 6.07) is 10.2. The molecule has 0 saturated carbocycles. The molecule has 1 atom stereocenters. The summed E-state index contributed by atoms with van der Waals surface area (Å²) in [6.45, 7) is 6.51. The van der Waals surface area contributed by atoms with Gasteiger partial charge < -0.3 is 0 Å². The van der Waals surface area contributed by atoms with Crippen molar-refractivity contribution in [1.29, 1.82) is 0 Å². The average molecular weight is 370 g/mol. The van der Waals surface area contributed by atoms with E-state index in [1.165, 1.54) is 35.7 Å². The molecule has 2 fully saturated rings. The van der Waals surface area contributed by atoms with Crippen molar-refractivity contribution in [3.05, 3.63) is 52.0 Å². The predicted octanol–water partition coefficient (Wildman–Crippen LogP) is 3.83. The van der Waals surface area contributed by atoms with Crippen LogP contribution in [0.2, 0.25) is 0 Å². The zero-order valence-electron chi connectivity index (χ0n) is 15.3. The van der Waals surface area contributed by atoms with E-state index in [9.17, 15) is 4.79 Å². The van der Waals surface area contributed by atoms with Crippen molar-refractivity contribution in [2.45, 2.75) is 38.8 Å². The summed E-state index contributed by atoms with van der Waals surface area (Å²) >= 11 is 1.94. The second-order valence-corrected chi connectivity index (χ2v) is 8.76. The smallest absolute Gasteiger partial charge is 0.185 e. The minimum absolute atomic E-state index is 0.0858. The number of nitrogens with zero attached hydrogens (tertiary/aromatic N) is 3. The molecule has 0 amide bonds. The Balaban J connectivity index is 1.33. The van der Waals surface area contributed by atoms with Gasteiger partial charge in [-0.1, -0.05) is 6.07 Å². The van der Waals surface area contributed by atoms with Crippen LogP contribution in [-0.2, 0) is 13.1 Å². The van der Waals surface area contributed by atoms with Crippen LogP contribution >= 0.6 is 11.3 Å². The fraction of sp³-hybridized carbons (Fsp3) is 0.524. The molecule has 2 aliphatic rings. The minimum atomic E-state index is 0.0858. The molecule has 0 aliphatic carbocycles. The van der Waals surface area contributed by atoms with Crippen molar-refractivity contribution >= 4 is 17.1 Å². The molecule has 4 rings (SSSR count). The zero-order valence-corrected chi connectivity index (χ0v) is 16.1. The van der Waals surface area contributed by atoms with Gasteiger partial charge in [0, 0.05) is 41.5 Å². The predicted molar refractivity (Wildman–Crippen MR) is 105 cm³/mol. The lowest BCUT2D eigenvalue weighted by molar-refractivity contribution is 0.0807. The first-order chi connectivity index (χ1) is 12.8. The summed E-state index contributed by atoms with van der Waals surface area (Å²) in [4.78, 5) is 24.8. The lowest BCUT2D eigenvalue weighted by Crippen LogP contribution is -2.38. The van der Waals surface area contributed by atoms with Crippen LogP contribution in [0.1, 0.15) is 45.9 Å². The molecule has 2 saturated heterocycles. The number of hydrogen-bond donors (Lipinski definition) is 0. The van der Waals surface area contributed by atoms with Gasteiger partial charge in [-0.3, -0.25) is 19.6 Å². The van der Waals surface area contributed by atoms with Crippen LogP contribution in [0.3, 0.4) is 0 Å². The van der Waals surface area contributed by atoms with E-state index >= 15 is 0 Å². The fourth-order valence-electron chi connectivity index (χ4n) is 4.10. The highest BCUT2D eigenvalue weighted by molar-refractivity contribution is 7.11. The number of Topliss-reactive ketones (excluding diaryl/α,β-unsaturated/α-hetero) is 1. The Labute approximate surface area is 159 Å². The van der Waals surface area contributed by atoms with Gasteiger partial charge in [-0.2, -0.15) is 0 Å². The standard InChI is InChI=1S/C21H27N3OS/c25-21(20-7-1-2-10-22-20)17-6-5-13-24(14-17)16-19-9-8-18(26-19)15-23-11-3-4-12-23/h1-2,7-10,17H,3-6,11-16H2/t17-/m1/s1. The van der Waals surface area contributed by atoms with Gasteiger partial charge in [-0.15, -0.1) is 11.3 Å². The molecule has 2 aromatic rings. The van der Waals surface area contributed by atoms with Gasteiger partial charge >= 0.3 is 0 Å². The second kappa shape index (κ2) is 8.42. The van der Waals surface area contributed by atoms with Crippen LogP contribution in [0.25, 0.3) is 0 Å². The molecule has 4 heterocycles. The molecule has 2 aromatic heterocycles. The van der Waals surface area contributed by atoms with Gasteiger partial charge in [0.15, 0.2) is 5.78 Å². The molecule has 0 bridgehead atoms. The Kier molecular flexibility index (Phi) is 5.78. The van der Waals surface area contributed by atoms with Crippen LogP contribution in [0.5, 0.6) is 0 Å². The van der Waals surface area contributed by atoms with E-state index in [1.54, 1.807) is 6.20 Å². The van der Waals surface area contributed by atoms with Crippen molar-refractivity contribution in [2.24, 2.45) is 5.92 Å². The lowest BCUT2D eigenvalue weighted by atomic mass is 9.92. The summed E-state index contributed by atoms with van der Waals surface area (Å²) in [5, 5.41) is 0. The SMILES string of the molecule is O=C(c1ccccn1)[C@@H]1CCCN(Cc2ccc(CN3CCCC3)s2)C1. The molecule has 0 N–H and O–H groups in total. The Morgan fingerprint density at radius 3 is 2.46 bits per heavy atom. The number of piperidine rings is 1. The number of pyridine rings is 1. The van der Waals surface area contributed by atoms with Crippen LogP contribution in [0.4, 0.5) is 0 Å². The van der Waals surface area contributed by atoms with E-state index in [0.29, 0.717) is 5.69 Å². The van der Waals surface area contributed by atoms with Gasteiger partial charge in [-0.25, -0.2) is 0 Å². The third-order valence-electron chi connectivity index (χ3n) is 5.47. The van der Waals surface area contributed by atoms with Gasteiger partial charge in [0.25, 0.3) is 0 Å². The van der Waals surface area contributed by atoms with Gasteiger partial charge in [0.1, 0.15) is 5.69 Å². The first-order valence-corrected chi connectivity index (χ1v) is 10.6. The number of carbonyl (C=O) groups is 1. The highest BCUT2D eigenvalue weighted by Gasteiger charge is 2.27. The summed E-state index contributed by atoms with van der Waals surface area (Å²) in [5.74, 6) is 0.291. The van der Waals surface area contributed by atoms with Crippen LogP contribution in [0.15, 0.2) is 36.5 Å². The van der Waals surface area contributed by atoms with Gasteiger partial charge in [-0.05, 0) is 69.6 Å². The number of carbonyl (C=O) groups excluding carboxylic acids is 1. The van der Waals surface area contributed by atoms with Crippen LogP contribution < -0.4 is 0 Å². The Morgan fingerprint density at radius 1 is 1.00 bits per heavy atom. The monoisotopic (exact) mass is 369 g/mol. The zero-order chi connectivity index (χ0) is 17.8. The third-order valence-corrected chi connectivity index (χ3v) is 6.52. The summed E-state index contributed by atoms with van der Waals surface area (Å²) in [6.07, 6.45) is 6.47. The summed E-state index contributed by atoms with van der Waals surface area (Å²) < 4.78 is 0. The normalized spacial score (nSPS) is 21.9. The largest absolute Gasteiger partial charge is 0.298 e. The van der Waals surface area contributed by atoms with Crippen molar-refractivity contribution in [3.8, 4) is 0 Å². The van der Waals surface area contributed by atoms with Crippen LogP contribution in [-0.4, -0.2) is 46.7 Å². The van der Waals surface area contributed by atoms with E-state index < -0.39 is 0 Å². The topological polar surface area (TPSA) is 36.4 Å². The molecule has 26 heavy (non-hydrogen) atoms. The maximum absolute atomic E-state index is 12.7. The van der Waals surface area contributed by atoms with Crippen molar-refractivity contribution < 1.29 is 4.79 Å². The molecule has 5 heteroatoms. The summed E-state index contributed by atoms with van der Waals surface area (Å²) in [5.41, 5.74) is 0.614. The molecule has 2 aliphatic heterocycles. The molecule has 4 nitrogen and oxygen atoms in total. The number of ketones is 1. The number of hydrogen-bond acceptors (Lipinski definition) is 5. The minimum Gasteiger partial charge on any atom is -0.298 e. The maximum Gasteiger partial charge on any atom is 0.185 e. The van der Waals surface area contributed by atoms with E-state index in [1.807, 2.05) is 29.5 Å². The summed E-state index contributed by atoms with van der Waals surface area (Å²) in [7, 11) is 0. The molecule has 0 unspecified atom stereocenters. The molecule has 0 spiro atoms. The van der Waals surface area contributed by atoms with E-state index in [2.05, 4.69) is 26.9 Å². The number of likely N-dealkylation sites (tertiary alicyclic amines) is 2. The number of aromatic nitrogens is 1. The van der Waals surface area contributed by atoms with Crippen molar-refractivity contribution in [1.82, 2.24) is 14.8 Å². The third kappa shape index (κ3) is 4.40. The Hall–Kier alpha value is -1.56. The lowest BCUT2D eigenvalue weighted by Gasteiger charge is -2.31. The molecule has 138 valence electrons. The molecule has 0 radical (unpaired) electrons. The van der Waals surface area contributed by atoms with Gasteiger partial charge in [0.05, 0.1) is 0 Å². The Morgan fingerprint density at radius 2 is 1.73 bits per heavy atom. The van der Waals surface area contributed by atoms with Gasteiger partial charge in [0.2, 0.25) is 0 Å². The first-order valence-electron chi connectivity index (χ1n) is 9.75. The van der Waals surface area contributed by atoms with E-state index in [-0.39, 0.29) is 11.7 Å².